The third kappa shape index (κ3) is 5.42. The van der Waals surface area contributed by atoms with Gasteiger partial charge in [-0.25, -0.2) is 0 Å². The average Bonchev–Trinajstić information content (AvgIpc) is 3.56. The van der Waals surface area contributed by atoms with E-state index in [2.05, 4.69) is 209 Å². The molecule has 0 bridgehead atoms. The number of aromatic nitrogens is 1. The molecule has 1 heterocycles. The van der Waals surface area contributed by atoms with Crippen molar-refractivity contribution in [1.82, 2.24) is 4.57 Å². The molecule has 0 radical (unpaired) electrons. The quantitative estimate of drug-likeness (QED) is 0.172. The van der Waals surface area contributed by atoms with Gasteiger partial charge in [0.05, 0.1) is 5.52 Å². The summed E-state index contributed by atoms with van der Waals surface area (Å²) in [5, 5.41) is 2.58. The van der Waals surface area contributed by atoms with Gasteiger partial charge in [0.25, 0.3) is 0 Å². The van der Waals surface area contributed by atoms with Crippen molar-refractivity contribution in [2.24, 2.45) is 7.05 Å². The minimum atomic E-state index is -0.170. The highest BCUT2D eigenvalue weighted by Crippen LogP contribution is 2.52. The van der Waals surface area contributed by atoms with E-state index in [1.54, 1.807) is 0 Å². The van der Waals surface area contributed by atoms with Crippen molar-refractivity contribution >= 4 is 55.9 Å². The molecule has 260 valence electrons. The molecule has 0 N–H and O–H groups in total. The molecule has 0 amide bonds. The molecule has 9 rings (SSSR count). The summed E-state index contributed by atoms with van der Waals surface area (Å²) in [5.41, 5.74) is 19.7. The van der Waals surface area contributed by atoms with Crippen LogP contribution in [-0.4, -0.2) is 4.57 Å². The summed E-state index contributed by atoms with van der Waals surface area (Å²) in [6.45, 7) is 13.4. The Morgan fingerprint density at radius 1 is 0.377 bits per heavy atom. The van der Waals surface area contributed by atoms with E-state index in [0.717, 1.165) is 28.4 Å². The van der Waals surface area contributed by atoms with Gasteiger partial charge < -0.3 is 14.4 Å². The molecule has 0 unspecified atom stereocenters. The number of nitrogens with zero attached hydrogens (tertiary/aromatic N) is 3. The Balaban J connectivity index is 1.17. The number of fused-ring (bicyclic) bond motifs is 6. The molecule has 0 saturated heterocycles. The van der Waals surface area contributed by atoms with Gasteiger partial charge in [-0.2, -0.15) is 0 Å². The van der Waals surface area contributed by atoms with E-state index in [0.29, 0.717) is 0 Å². The second kappa shape index (κ2) is 12.3. The van der Waals surface area contributed by atoms with E-state index in [-0.39, 0.29) is 5.41 Å². The molecule has 3 nitrogen and oxygen atoms in total. The molecule has 53 heavy (non-hydrogen) atoms. The van der Waals surface area contributed by atoms with E-state index < -0.39 is 0 Å². The molecule has 0 fully saturated rings. The first-order valence-electron chi connectivity index (χ1n) is 18.7. The molecule has 7 aromatic carbocycles. The number of anilines is 6. The molecule has 1 aliphatic rings. The van der Waals surface area contributed by atoms with Crippen molar-refractivity contribution in [1.29, 1.82) is 0 Å². The van der Waals surface area contributed by atoms with Gasteiger partial charge in [0, 0.05) is 62.9 Å². The lowest BCUT2D eigenvalue weighted by atomic mass is 9.82. The summed E-state index contributed by atoms with van der Waals surface area (Å²) in [4.78, 5) is 4.75. The molecule has 0 spiro atoms. The fraction of sp³-hybridized carbons (Fsp3) is 0.160. The standard InChI is InChI=1S/C50H45N3/c1-32-8-16-36(17-9-32)52(37-18-10-33(2)11-19-37)40-24-26-42-44-31-49-45(30-47(44)50(5,6)46(42)28-40)43-27-25-41(29-48(43)51(49)7)53(38-20-12-34(3)13-21-38)39-22-14-35(4)15-23-39/h8-31H,1-7H3. The second-order valence-corrected chi connectivity index (χ2v) is 15.5. The number of rotatable bonds is 6. The predicted octanol–water partition coefficient (Wildman–Crippen LogP) is 13.8. The Morgan fingerprint density at radius 3 is 1.23 bits per heavy atom. The lowest BCUT2D eigenvalue weighted by Gasteiger charge is -2.28. The largest absolute Gasteiger partial charge is 0.344 e. The lowest BCUT2D eigenvalue weighted by molar-refractivity contribution is 0.661. The van der Waals surface area contributed by atoms with Crippen molar-refractivity contribution in [3.63, 3.8) is 0 Å². The monoisotopic (exact) mass is 687 g/mol. The van der Waals surface area contributed by atoms with Gasteiger partial charge >= 0.3 is 0 Å². The van der Waals surface area contributed by atoms with Gasteiger partial charge in [0.15, 0.2) is 0 Å². The normalized spacial score (nSPS) is 13.0. The van der Waals surface area contributed by atoms with Crippen LogP contribution in [0.15, 0.2) is 146 Å². The van der Waals surface area contributed by atoms with Gasteiger partial charge in [-0.05, 0) is 135 Å². The van der Waals surface area contributed by atoms with Crippen molar-refractivity contribution in [2.75, 3.05) is 9.80 Å². The summed E-state index contributed by atoms with van der Waals surface area (Å²) < 4.78 is 2.38. The van der Waals surface area contributed by atoms with Crippen LogP contribution in [0.1, 0.15) is 47.2 Å². The summed E-state index contributed by atoms with van der Waals surface area (Å²) >= 11 is 0. The lowest BCUT2D eigenvalue weighted by Crippen LogP contribution is -2.16. The van der Waals surface area contributed by atoms with Crippen LogP contribution in [0.25, 0.3) is 32.9 Å². The zero-order valence-electron chi connectivity index (χ0n) is 31.7. The van der Waals surface area contributed by atoms with Gasteiger partial charge in [-0.3, -0.25) is 0 Å². The van der Waals surface area contributed by atoms with Gasteiger partial charge in [-0.1, -0.05) is 96.8 Å². The fourth-order valence-corrected chi connectivity index (χ4v) is 8.35. The zero-order chi connectivity index (χ0) is 36.6. The third-order valence-electron chi connectivity index (χ3n) is 11.5. The van der Waals surface area contributed by atoms with Crippen LogP contribution in [0.3, 0.4) is 0 Å². The Hall–Kier alpha value is -6.06. The highest BCUT2D eigenvalue weighted by atomic mass is 15.1. The Labute approximate surface area is 313 Å². The summed E-state index contributed by atoms with van der Waals surface area (Å²) in [6, 6.07) is 54.3. The van der Waals surface area contributed by atoms with Gasteiger partial charge in [0.2, 0.25) is 0 Å². The summed E-state index contributed by atoms with van der Waals surface area (Å²) in [6.07, 6.45) is 0. The van der Waals surface area contributed by atoms with E-state index in [1.807, 2.05) is 0 Å². The SMILES string of the molecule is Cc1ccc(N(c2ccc(C)cc2)c2ccc3c(c2)C(C)(C)c2cc4c5ccc(N(c6ccc(C)cc6)c6ccc(C)cc6)cc5n(C)c4cc2-3)cc1. The van der Waals surface area contributed by atoms with Crippen LogP contribution < -0.4 is 9.80 Å². The molecule has 8 aromatic rings. The zero-order valence-corrected chi connectivity index (χ0v) is 31.7. The second-order valence-electron chi connectivity index (χ2n) is 15.5. The molecular formula is C50H45N3. The van der Waals surface area contributed by atoms with Crippen molar-refractivity contribution in [3.05, 3.63) is 179 Å². The number of benzene rings is 7. The van der Waals surface area contributed by atoms with Crippen LogP contribution in [0.2, 0.25) is 0 Å². The first-order valence-corrected chi connectivity index (χ1v) is 18.7. The van der Waals surface area contributed by atoms with E-state index in [1.165, 1.54) is 72.0 Å². The Kier molecular flexibility index (Phi) is 7.60. The predicted molar refractivity (Wildman–Crippen MR) is 226 cm³/mol. The third-order valence-corrected chi connectivity index (χ3v) is 11.5. The number of hydrogen-bond donors (Lipinski definition) is 0. The van der Waals surface area contributed by atoms with Crippen LogP contribution >= 0.6 is 0 Å². The molecular weight excluding hydrogens is 643 g/mol. The molecule has 1 aliphatic carbocycles. The highest BCUT2D eigenvalue weighted by Gasteiger charge is 2.37. The topological polar surface area (TPSA) is 11.4 Å². The Bertz CT molecular complexity index is 2570. The first-order chi connectivity index (χ1) is 25.6. The van der Waals surface area contributed by atoms with Crippen LogP contribution in [-0.2, 0) is 12.5 Å². The maximum atomic E-state index is 2.47. The van der Waals surface area contributed by atoms with Crippen molar-refractivity contribution in [3.8, 4) is 11.1 Å². The average molecular weight is 688 g/mol. The fourth-order valence-electron chi connectivity index (χ4n) is 8.35. The van der Waals surface area contributed by atoms with E-state index in [9.17, 15) is 0 Å². The number of aryl methyl sites for hydroxylation is 5. The molecule has 0 atom stereocenters. The van der Waals surface area contributed by atoms with Crippen LogP contribution in [0.5, 0.6) is 0 Å². The maximum Gasteiger partial charge on any atom is 0.0509 e. The van der Waals surface area contributed by atoms with Gasteiger partial charge in [0.1, 0.15) is 0 Å². The summed E-state index contributed by atoms with van der Waals surface area (Å²) in [5.74, 6) is 0. The number of hydrogen-bond acceptors (Lipinski definition) is 2. The van der Waals surface area contributed by atoms with Crippen LogP contribution in [0, 0.1) is 27.7 Å². The van der Waals surface area contributed by atoms with Crippen LogP contribution in [0.4, 0.5) is 34.1 Å². The van der Waals surface area contributed by atoms with E-state index >= 15 is 0 Å². The molecule has 3 heteroatoms. The van der Waals surface area contributed by atoms with Crippen molar-refractivity contribution < 1.29 is 0 Å². The summed E-state index contributed by atoms with van der Waals surface area (Å²) in [7, 11) is 2.22. The minimum absolute atomic E-state index is 0.170. The Morgan fingerprint density at radius 2 is 0.755 bits per heavy atom. The molecule has 0 aliphatic heterocycles. The smallest absolute Gasteiger partial charge is 0.0509 e. The maximum absolute atomic E-state index is 2.47. The molecule has 0 saturated carbocycles. The van der Waals surface area contributed by atoms with Crippen molar-refractivity contribution in [2.45, 2.75) is 47.0 Å². The molecule has 1 aromatic heterocycles. The minimum Gasteiger partial charge on any atom is -0.344 e. The highest BCUT2D eigenvalue weighted by molar-refractivity contribution is 6.11. The van der Waals surface area contributed by atoms with E-state index in [4.69, 9.17) is 0 Å². The first kappa shape index (κ1) is 32.8. The van der Waals surface area contributed by atoms with Gasteiger partial charge in [-0.15, -0.1) is 0 Å².